The number of benzene rings is 2. The maximum absolute atomic E-state index is 14.0. The summed E-state index contributed by atoms with van der Waals surface area (Å²) in [7, 11) is 0. The highest BCUT2D eigenvalue weighted by Crippen LogP contribution is 2.48. The minimum atomic E-state index is -1.11. The van der Waals surface area contributed by atoms with Crippen molar-refractivity contribution in [1.82, 2.24) is 4.90 Å². The maximum Gasteiger partial charge on any atom is 0.335 e. The molecule has 3 fully saturated rings. The highest BCUT2D eigenvalue weighted by atomic mass is 19.1. The summed E-state index contributed by atoms with van der Waals surface area (Å²) in [5.41, 5.74) is 2.13. The average Bonchev–Trinajstić information content (AvgIpc) is 3.27. The molecule has 9 heteroatoms. The van der Waals surface area contributed by atoms with E-state index in [1.165, 1.54) is 25.3 Å². The molecule has 0 amide bonds. The molecule has 5 rings (SSSR count). The molecule has 3 aliphatic rings. The van der Waals surface area contributed by atoms with E-state index in [0.29, 0.717) is 17.1 Å². The molecular weight excluding hydrogens is 451 g/mol. The van der Waals surface area contributed by atoms with Gasteiger partial charge in [0.2, 0.25) is 0 Å². The number of piperazine rings is 1. The lowest BCUT2D eigenvalue weighted by atomic mass is 9.76. The first-order valence-electron chi connectivity index (χ1n) is 12.3. The van der Waals surface area contributed by atoms with Gasteiger partial charge >= 0.3 is 5.97 Å². The summed E-state index contributed by atoms with van der Waals surface area (Å²) in [4.78, 5) is 28.9. The van der Waals surface area contributed by atoms with Gasteiger partial charge in [-0.2, -0.15) is 0 Å². The Kier molecular flexibility index (Phi) is 6.35. The van der Waals surface area contributed by atoms with Crippen LogP contribution in [0.1, 0.15) is 42.5 Å². The Labute approximate surface area is 204 Å². The highest BCUT2D eigenvalue weighted by Gasteiger charge is 2.43. The summed E-state index contributed by atoms with van der Waals surface area (Å²) in [5.74, 6) is -1.61. The molecule has 8 nitrogen and oxygen atoms in total. The van der Waals surface area contributed by atoms with E-state index in [4.69, 9.17) is 0 Å². The number of halogens is 1. The zero-order valence-electron chi connectivity index (χ0n) is 19.7. The van der Waals surface area contributed by atoms with Crippen molar-refractivity contribution in [3.8, 4) is 0 Å². The second kappa shape index (κ2) is 9.45. The number of hydrogen-bond donors (Lipinski definition) is 1. The lowest BCUT2D eigenvalue weighted by Gasteiger charge is -2.42. The van der Waals surface area contributed by atoms with E-state index in [1.807, 2.05) is 12.1 Å². The third-order valence-electron chi connectivity index (χ3n) is 8.25. The number of carboxylic acid groups (broad SMARTS) is 1. The maximum atomic E-state index is 14.0. The van der Waals surface area contributed by atoms with Crippen LogP contribution in [0.3, 0.4) is 0 Å². The third kappa shape index (κ3) is 4.96. The number of carboxylic acids is 1. The van der Waals surface area contributed by atoms with Crippen molar-refractivity contribution >= 4 is 23.0 Å². The highest BCUT2D eigenvalue weighted by molar-refractivity contribution is 5.88. The zero-order valence-corrected chi connectivity index (χ0v) is 19.7. The molecule has 1 saturated carbocycles. The van der Waals surface area contributed by atoms with Crippen LogP contribution in [0.25, 0.3) is 0 Å². The van der Waals surface area contributed by atoms with Gasteiger partial charge in [0.05, 0.1) is 10.5 Å². The molecule has 1 atom stereocenters. The van der Waals surface area contributed by atoms with Crippen LogP contribution in [0, 0.1) is 21.3 Å². The predicted molar refractivity (Wildman–Crippen MR) is 132 cm³/mol. The SMILES string of the molecule is O=C(O)c1cc(F)cc(N2CCC3(CCC(N4CCN(c5ccc([N+](=O)[O-])cc5)CC4)C3)CC2)c1. The lowest BCUT2D eigenvalue weighted by molar-refractivity contribution is -0.384. The lowest BCUT2D eigenvalue weighted by Crippen LogP contribution is -2.50. The van der Waals surface area contributed by atoms with E-state index >= 15 is 0 Å². The van der Waals surface area contributed by atoms with Gasteiger partial charge in [-0.15, -0.1) is 0 Å². The van der Waals surface area contributed by atoms with Gasteiger partial charge in [0.15, 0.2) is 0 Å². The van der Waals surface area contributed by atoms with Gasteiger partial charge in [-0.1, -0.05) is 0 Å². The van der Waals surface area contributed by atoms with Crippen molar-refractivity contribution in [2.24, 2.45) is 5.41 Å². The van der Waals surface area contributed by atoms with Crippen molar-refractivity contribution < 1.29 is 19.2 Å². The van der Waals surface area contributed by atoms with Crippen LogP contribution < -0.4 is 9.80 Å². The van der Waals surface area contributed by atoms with Crippen molar-refractivity contribution in [3.63, 3.8) is 0 Å². The molecule has 186 valence electrons. The fourth-order valence-electron chi connectivity index (χ4n) is 6.19. The van der Waals surface area contributed by atoms with E-state index in [0.717, 1.165) is 63.9 Å². The monoisotopic (exact) mass is 482 g/mol. The minimum Gasteiger partial charge on any atom is -0.478 e. The molecule has 35 heavy (non-hydrogen) atoms. The summed E-state index contributed by atoms with van der Waals surface area (Å²) in [6.45, 7) is 5.46. The van der Waals surface area contributed by atoms with Crippen LogP contribution >= 0.6 is 0 Å². The zero-order chi connectivity index (χ0) is 24.6. The summed E-state index contributed by atoms with van der Waals surface area (Å²) in [6, 6.07) is 11.5. The molecule has 2 aromatic rings. The first-order chi connectivity index (χ1) is 16.8. The molecule has 2 heterocycles. The quantitative estimate of drug-likeness (QED) is 0.499. The predicted octanol–water partition coefficient (Wildman–Crippen LogP) is 4.39. The Morgan fingerprint density at radius 3 is 2.23 bits per heavy atom. The van der Waals surface area contributed by atoms with E-state index in [2.05, 4.69) is 14.7 Å². The van der Waals surface area contributed by atoms with Crippen LogP contribution in [-0.2, 0) is 0 Å². The second-order valence-electron chi connectivity index (χ2n) is 10.2. The summed E-state index contributed by atoms with van der Waals surface area (Å²) in [5, 5.41) is 20.1. The number of hydrogen-bond acceptors (Lipinski definition) is 6. The van der Waals surface area contributed by atoms with Gasteiger partial charge in [-0.25, -0.2) is 9.18 Å². The molecule has 1 aliphatic carbocycles. The van der Waals surface area contributed by atoms with Crippen LogP contribution in [0.5, 0.6) is 0 Å². The number of anilines is 2. The van der Waals surface area contributed by atoms with E-state index < -0.39 is 11.8 Å². The first kappa shape index (κ1) is 23.5. The molecule has 1 spiro atoms. The van der Waals surface area contributed by atoms with Crippen LogP contribution in [0.2, 0.25) is 0 Å². The van der Waals surface area contributed by atoms with Crippen LogP contribution in [0.4, 0.5) is 21.5 Å². The smallest absolute Gasteiger partial charge is 0.335 e. The van der Waals surface area contributed by atoms with Gasteiger partial charge in [-0.05, 0) is 67.9 Å². The summed E-state index contributed by atoms with van der Waals surface area (Å²) < 4.78 is 14.0. The minimum absolute atomic E-state index is 0.00548. The number of piperidine rings is 1. The average molecular weight is 483 g/mol. The first-order valence-corrected chi connectivity index (χ1v) is 12.3. The summed E-state index contributed by atoms with van der Waals surface area (Å²) >= 11 is 0. The van der Waals surface area contributed by atoms with Crippen LogP contribution in [-0.4, -0.2) is 66.2 Å². The fourth-order valence-corrected chi connectivity index (χ4v) is 6.19. The van der Waals surface area contributed by atoms with Crippen molar-refractivity contribution in [2.45, 2.75) is 38.1 Å². The second-order valence-corrected chi connectivity index (χ2v) is 10.2. The van der Waals surface area contributed by atoms with E-state index in [9.17, 15) is 24.4 Å². The largest absolute Gasteiger partial charge is 0.478 e. The van der Waals surface area contributed by atoms with Gasteiger partial charge in [0.25, 0.3) is 5.69 Å². The Morgan fingerprint density at radius 1 is 0.943 bits per heavy atom. The van der Waals surface area contributed by atoms with Gasteiger partial charge in [-0.3, -0.25) is 15.0 Å². The molecule has 1 unspecified atom stereocenters. The molecule has 0 aromatic heterocycles. The van der Waals surface area contributed by atoms with Gasteiger partial charge in [0.1, 0.15) is 5.82 Å². The molecule has 2 aliphatic heterocycles. The standard InChI is InChI=1S/C26H31FN4O4/c27-20-15-19(25(32)33)16-24(17-20)28-9-7-26(8-10-28)6-5-23(18-26)30-13-11-29(12-14-30)21-1-3-22(4-2-21)31(34)35/h1-4,15-17,23H,5-14,18H2,(H,32,33). The Morgan fingerprint density at radius 2 is 1.60 bits per heavy atom. The number of nitro benzene ring substituents is 1. The number of non-ortho nitro benzene ring substituents is 1. The summed E-state index contributed by atoms with van der Waals surface area (Å²) in [6.07, 6.45) is 5.68. The van der Waals surface area contributed by atoms with Crippen LogP contribution in [0.15, 0.2) is 42.5 Å². The van der Waals surface area contributed by atoms with Gasteiger partial charge < -0.3 is 14.9 Å². The van der Waals surface area contributed by atoms with Crippen molar-refractivity contribution in [2.75, 3.05) is 49.1 Å². The van der Waals surface area contributed by atoms with Gasteiger partial charge in [0, 0.05) is 68.8 Å². The molecule has 0 bridgehead atoms. The fraction of sp³-hybridized carbons (Fsp3) is 0.500. The Balaban J connectivity index is 1.14. The number of carbonyl (C=O) groups is 1. The van der Waals surface area contributed by atoms with Crippen molar-refractivity contribution in [3.05, 3.63) is 64.0 Å². The van der Waals surface area contributed by atoms with E-state index in [-0.39, 0.29) is 16.2 Å². The number of nitrogens with zero attached hydrogens (tertiary/aromatic N) is 4. The number of aromatic carboxylic acids is 1. The van der Waals surface area contributed by atoms with Crippen molar-refractivity contribution in [1.29, 1.82) is 0 Å². The normalized spacial score (nSPS) is 22.5. The molecule has 2 aromatic carbocycles. The Bertz CT molecular complexity index is 1090. The molecule has 1 N–H and O–H groups in total. The number of nitro groups is 1. The molecule has 2 saturated heterocycles. The number of rotatable bonds is 5. The molecule has 0 radical (unpaired) electrons. The Hall–Kier alpha value is -3.20. The van der Waals surface area contributed by atoms with E-state index in [1.54, 1.807) is 18.2 Å². The topological polar surface area (TPSA) is 90.2 Å². The third-order valence-corrected chi connectivity index (χ3v) is 8.25. The molecular formula is C26H31FN4O4.